The zero-order chi connectivity index (χ0) is 22.2. The average molecular weight is 424 g/mol. The van der Waals surface area contributed by atoms with E-state index >= 15 is 0 Å². The molecule has 0 aliphatic heterocycles. The van der Waals surface area contributed by atoms with Crippen LogP contribution in [0.4, 0.5) is 5.69 Å². The van der Waals surface area contributed by atoms with Crippen LogP contribution in [0.2, 0.25) is 0 Å². The third-order valence-corrected chi connectivity index (χ3v) is 4.90. The fraction of sp³-hybridized carbons (Fsp3) is 0.318. The molecule has 3 rings (SSSR count). The molecule has 0 spiro atoms. The van der Waals surface area contributed by atoms with E-state index in [-0.39, 0.29) is 35.8 Å². The van der Waals surface area contributed by atoms with E-state index in [2.05, 4.69) is 15.5 Å². The van der Waals surface area contributed by atoms with Gasteiger partial charge in [0.1, 0.15) is 12.6 Å². The first-order chi connectivity index (χ1) is 15.0. The van der Waals surface area contributed by atoms with Crippen molar-refractivity contribution in [3.8, 4) is 11.4 Å². The molecule has 0 bridgehead atoms. The van der Waals surface area contributed by atoms with Crippen LogP contribution in [0.15, 0.2) is 59.1 Å². The summed E-state index contributed by atoms with van der Waals surface area (Å²) < 4.78 is 10.9. The van der Waals surface area contributed by atoms with Crippen LogP contribution in [0.3, 0.4) is 0 Å². The quantitative estimate of drug-likeness (QED) is 0.385. The molecule has 0 aliphatic rings. The molecule has 31 heavy (non-hydrogen) atoms. The summed E-state index contributed by atoms with van der Waals surface area (Å²) in [5.41, 5.74) is 1.38. The maximum atomic E-state index is 12.4. The number of carbonyl (C=O) groups excluding carboxylic acids is 1. The van der Waals surface area contributed by atoms with Gasteiger partial charge in [0.15, 0.2) is 0 Å². The summed E-state index contributed by atoms with van der Waals surface area (Å²) in [5.74, 6) is 0.196. The zero-order valence-corrected chi connectivity index (χ0v) is 17.4. The molecule has 162 valence electrons. The summed E-state index contributed by atoms with van der Waals surface area (Å²) in [5, 5.41) is 17.8. The van der Waals surface area contributed by atoms with E-state index in [9.17, 15) is 14.9 Å². The van der Waals surface area contributed by atoms with Gasteiger partial charge in [-0.2, -0.15) is 4.98 Å². The molecule has 0 fully saturated rings. The van der Waals surface area contributed by atoms with Gasteiger partial charge in [-0.05, 0) is 11.5 Å². The fourth-order valence-corrected chi connectivity index (χ4v) is 2.97. The molecular weight excluding hydrogens is 400 g/mol. The predicted octanol–water partition coefficient (Wildman–Crippen LogP) is 4.07. The van der Waals surface area contributed by atoms with E-state index in [1.807, 2.05) is 44.2 Å². The Kier molecular flexibility index (Phi) is 7.45. The van der Waals surface area contributed by atoms with Crippen LogP contribution in [-0.2, 0) is 16.1 Å². The van der Waals surface area contributed by atoms with E-state index in [0.29, 0.717) is 12.2 Å². The fourth-order valence-electron chi connectivity index (χ4n) is 2.97. The number of aromatic nitrogens is 2. The van der Waals surface area contributed by atoms with Crippen molar-refractivity contribution in [3.05, 3.63) is 76.2 Å². The SMILES string of the molecule is CC[C@H](C)[C@H](NC(=O)COCc1ccccc1)c1nc(-c2cccc([N+](=O)[O-])c2)no1. The smallest absolute Gasteiger partial charge is 0.270 e. The van der Waals surface area contributed by atoms with Gasteiger partial charge in [0.25, 0.3) is 5.69 Å². The molecule has 0 saturated heterocycles. The number of carbonyl (C=O) groups is 1. The lowest BCUT2D eigenvalue weighted by Gasteiger charge is -2.20. The van der Waals surface area contributed by atoms with Crippen LogP contribution in [0, 0.1) is 16.0 Å². The van der Waals surface area contributed by atoms with Crippen molar-refractivity contribution in [2.45, 2.75) is 32.9 Å². The molecule has 1 N–H and O–H groups in total. The first kappa shape index (κ1) is 22.1. The third-order valence-electron chi connectivity index (χ3n) is 4.90. The minimum atomic E-state index is -0.502. The minimum absolute atomic E-state index is 0.0245. The Morgan fingerprint density at radius 1 is 1.23 bits per heavy atom. The van der Waals surface area contributed by atoms with E-state index in [4.69, 9.17) is 9.26 Å². The molecule has 2 atom stereocenters. The Labute approximate surface area is 179 Å². The van der Waals surface area contributed by atoms with Crippen LogP contribution < -0.4 is 5.32 Å². The summed E-state index contributed by atoms with van der Waals surface area (Å²) in [6.07, 6.45) is 0.768. The van der Waals surface area contributed by atoms with Crippen molar-refractivity contribution in [1.82, 2.24) is 15.5 Å². The van der Waals surface area contributed by atoms with Gasteiger partial charge in [0.2, 0.25) is 17.6 Å². The van der Waals surface area contributed by atoms with Crippen molar-refractivity contribution < 1.29 is 19.0 Å². The standard InChI is InChI=1S/C22H24N4O5/c1-3-15(2)20(23-19(27)14-30-13-16-8-5-4-6-9-16)22-24-21(25-31-22)17-10-7-11-18(12-17)26(28)29/h4-12,15,20H,3,13-14H2,1-2H3,(H,23,27)/t15-,20-/m0/s1. The molecule has 1 amide bonds. The van der Waals surface area contributed by atoms with Crippen LogP contribution in [0.1, 0.15) is 37.8 Å². The van der Waals surface area contributed by atoms with Crippen molar-refractivity contribution in [3.63, 3.8) is 0 Å². The number of nitrogens with one attached hydrogen (secondary N) is 1. The molecule has 0 saturated carbocycles. The van der Waals surface area contributed by atoms with Gasteiger partial charge >= 0.3 is 0 Å². The number of nitro benzene ring substituents is 1. The lowest BCUT2D eigenvalue weighted by molar-refractivity contribution is -0.384. The number of amides is 1. The van der Waals surface area contributed by atoms with Crippen molar-refractivity contribution in [2.75, 3.05) is 6.61 Å². The second-order valence-corrected chi connectivity index (χ2v) is 7.17. The molecule has 1 heterocycles. The number of benzene rings is 2. The molecular formula is C22H24N4O5. The maximum Gasteiger partial charge on any atom is 0.270 e. The van der Waals surface area contributed by atoms with Gasteiger partial charge in [0.05, 0.1) is 11.5 Å². The van der Waals surface area contributed by atoms with Crippen LogP contribution in [-0.4, -0.2) is 27.6 Å². The van der Waals surface area contributed by atoms with Gasteiger partial charge in [-0.1, -0.05) is 67.9 Å². The summed E-state index contributed by atoms with van der Waals surface area (Å²) in [6, 6.07) is 15.1. The maximum absolute atomic E-state index is 12.4. The first-order valence-electron chi connectivity index (χ1n) is 9.97. The van der Waals surface area contributed by atoms with E-state index in [1.165, 1.54) is 12.1 Å². The van der Waals surface area contributed by atoms with Gasteiger partial charge in [-0.15, -0.1) is 0 Å². The number of nitrogens with zero attached hydrogens (tertiary/aromatic N) is 3. The molecule has 0 aliphatic carbocycles. The Balaban J connectivity index is 1.67. The molecule has 9 heteroatoms. The highest BCUT2D eigenvalue weighted by molar-refractivity contribution is 5.77. The lowest BCUT2D eigenvalue weighted by atomic mass is 9.99. The third kappa shape index (κ3) is 5.95. The number of nitro groups is 1. The molecule has 3 aromatic rings. The van der Waals surface area contributed by atoms with Gasteiger partial charge in [0, 0.05) is 17.7 Å². The van der Waals surface area contributed by atoms with Crippen LogP contribution in [0.5, 0.6) is 0 Å². The van der Waals surface area contributed by atoms with Gasteiger partial charge in [-0.3, -0.25) is 14.9 Å². The summed E-state index contributed by atoms with van der Waals surface area (Å²) in [4.78, 5) is 27.3. The number of hydrogen-bond donors (Lipinski definition) is 1. The zero-order valence-electron chi connectivity index (χ0n) is 17.4. The molecule has 2 aromatic carbocycles. The highest BCUT2D eigenvalue weighted by Crippen LogP contribution is 2.27. The van der Waals surface area contributed by atoms with Crippen molar-refractivity contribution >= 4 is 11.6 Å². The molecule has 9 nitrogen and oxygen atoms in total. The van der Waals surface area contributed by atoms with E-state index in [1.54, 1.807) is 12.1 Å². The number of rotatable bonds is 10. The van der Waals surface area contributed by atoms with Crippen molar-refractivity contribution in [1.29, 1.82) is 0 Å². The van der Waals surface area contributed by atoms with Gasteiger partial charge < -0.3 is 14.6 Å². The summed E-state index contributed by atoms with van der Waals surface area (Å²) in [6.45, 7) is 4.19. The lowest BCUT2D eigenvalue weighted by Crippen LogP contribution is -2.35. The molecule has 1 aromatic heterocycles. The summed E-state index contributed by atoms with van der Waals surface area (Å²) >= 11 is 0. The predicted molar refractivity (Wildman–Crippen MR) is 113 cm³/mol. The Morgan fingerprint density at radius 2 is 2.00 bits per heavy atom. The molecule has 0 unspecified atom stereocenters. The van der Waals surface area contributed by atoms with Crippen LogP contribution >= 0.6 is 0 Å². The Morgan fingerprint density at radius 3 is 2.71 bits per heavy atom. The average Bonchev–Trinajstić information content (AvgIpc) is 3.28. The van der Waals surface area contributed by atoms with Crippen molar-refractivity contribution in [2.24, 2.45) is 5.92 Å². The minimum Gasteiger partial charge on any atom is -0.367 e. The highest BCUT2D eigenvalue weighted by Gasteiger charge is 2.26. The second kappa shape index (κ2) is 10.4. The largest absolute Gasteiger partial charge is 0.367 e. The summed E-state index contributed by atoms with van der Waals surface area (Å²) in [7, 11) is 0. The highest BCUT2D eigenvalue weighted by atomic mass is 16.6. The molecule has 0 radical (unpaired) electrons. The second-order valence-electron chi connectivity index (χ2n) is 7.17. The number of non-ortho nitro benzene ring substituents is 1. The number of ether oxygens (including phenoxy) is 1. The van der Waals surface area contributed by atoms with Gasteiger partial charge in [-0.25, -0.2) is 0 Å². The normalized spacial score (nSPS) is 12.8. The van der Waals surface area contributed by atoms with E-state index in [0.717, 1.165) is 12.0 Å². The topological polar surface area (TPSA) is 120 Å². The Bertz CT molecular complexity index is 1020. The van der Waals surface area contributed by atoms with Crippen LogP contribution in [0.25, 0.3) is 11.4 Å². The Hall–Kier alpha value is -3.59. The first-order valence-corrected chi connectivity index (χ1v) is 9.97. The van der Waals surface area contributed by atoms with E-state index < -0.39 is 11.0 Å². The number of hydrogen-bond acceptors (Lipinski definition) is 7. The monoisotopic (exact) mass is 424 g/mol.